The van der Waals surface area contributed by atoms with Crippen molar-refractivity contribution in [3.05, 3.63) is 0 Å². The van der Waals surface area contributed by atoms with E-state index in [2.05, 4.69) is 4.90 Å². The number of rotatable bonds is 5. The number of carbonyl (C=O) groups is 1. The van der Waals surface area contributed by atoms with Gasteiger partial charge in [-0.2, -0.15) is 8.42 Å². The second-order valence-corrected chi connectivity index (χ2v) is 7.99. The zero-order valence-corrected chi connectivity index (χ0v) is 14.6. The molecule has 2 aliphatic rings. The molecule has 1 saturated heterocycles. The van der Waals surface area contributed by atoms with Gasteiger partial charge in [0.1, 0.15) is 6.10 Å². The summed E-state index contributed by atoms with van der Waals surface area (Å²) >= 11 is 0. The maximum atomic E-state index is 11.8. The van der Waals surface area contributed by atoms with Gasteiger partial charge in [-0.1, -0.05) is 0 Å². The molecule has 0 bridgehead atoms. The first-order chi connectivity index (χ1) is 10.8. The molecule has 0 aromatic heterocycles. The molecule has 8 heteroatoms. The molecule has 1 heterocycles. The van der Waals surface area contributed by atoms with Crippen molar-refractivity contribution in [2.75, 3.05) is 26.0 Å². The molecule has 23 heavy (non-hydrogen) atoms. The minimum Gasteiger partial charge on any atom is -0.466 e. The van der Waals surface area contributed by atoms with E-state index < -0.39 is 22.3 Å². The molecule has 0 amide bonds. The number of hydrogen-bond acceptors (Lipinski definition) is 7. The molecule has 0 radical (unpaired) electrons. The molecule has 1 aliphatic heterocycles. The van der Waals surface area contributed by atoms with Gasteiger partial charge in [0.25, 0.3) is 10.1 Å². The van der Waals surface area contributed by atoms with Crippen LogP contribution in [0.2, 0.25) is 0 Å². The molecular formula is C15H27NO6S. The molecule has 134 valence electrons. The normalized spacial score (nSPS) is 31.0. The predicted octanol–water partition coefficient (Wildman–Crippen LogP) is 0.520. The zero-order valence-electron chi connectivity index (χ0n) is 13.8. The highest BCUT2D eigenvalue weighted by atomic mass is 32.2. The lowest BCUT2D eigenvalue weighted by molar-refractivity contribution is -0.150. The maximum absolute atomic E-state index is 11.8. The van der Waals surface area contributed by atoms with Gasteiger partial charge in [-0.05, 0) is 52.1 Å². The van der Waals surface area contributed by atoms with Crippen LogP contribution in [-0.4, -0.2) is 68.6 Å². The van der Waals surface area contributed by atoms with Crippen LogP contribution in [0.3, 0.4) is 0 Å². The Bertz CT molecular complexity index is 500. The van der Waals surface area contributed by atoms with Crippen LogP contribution in [0.1, 0.15) is 39.0 Å². The van der Waals surface area contributed by atoms with E-state index in [0.29, 0.717) is 39.0 Å². The average molecular weight is 349 g/mol. The first-order valence-corrected chi connectivity index (χ1v) is 10.1. The molecular weight excluding hydrogens is 322 g/mol. The van der Waals surface area contributed by atoms with Gasteiger partial charge in [0.05, 0.1) is 24.9 Å². The number of likely N-dealkylation sites (tertiary alicyclic amines) is 1. The van der Waals surface area contributed by atoms with Crippen molar-refractivity contribution < 1.29 is 27.2 Å². The first-order valence-electron chi connectivity index (χ1n) is 8.29. The van der Waals surface area contributed by atoms with Crippen LogP contribution in [0.5, 0.6) is 0 Å². The summed E-state index contributed by atoms with van der Waals surface area (Å²) in [4.78, 5) is 13.9. The third kappa shape index (κ3) is 5.14. The number of aliphatic hydroxyl groups excluding tert-OH is 1. The Labute approximate surface area is 138 Å². The fourth-order valence-corrected chi connectivity index (χ4v) is 4.23. The summed E-state index contributed by atoms with van der Waals surface area (Å²) in [5.41, 5.74) is 0. The van der Waals surface area contributed by atoms with Gasteiger partial charge in [0.15, 0.2) is 0 Å². The number of carbonyl (C=O) groups excluding carboxylic acids is 1. The minimum absolute atomic E-state index is 0.0889. The maximum Gasteiger partial charge on any atom is 0.309 e. The van der Waals surface area contributed by atoms with Crippen LogP contribution < -0.4 is 0 Å². The van der Waals surface area contributed by atoms with Crippen molar-refractivity contribution in [1.29, 1.82) is 0 Å². The average Bonchev–Trinajstić information content (AvgIpc) is 2.48. The van der Waals surface area contributed by atoms with E-state index in [-0.39, 0.29) is 17.9 Å². The number of esters is 1. The van der Waals surface area contributed by atoms with E-state index in [1.165, 1.54) is 0 Å². The number of nitrogens with zero attached hydrogens (tertiary/aromatic N) is 1. The highest BCUT2D eigenvalue weighted by Gasteiger charge is 2.40. The van der Waals surface area contributed by atoms with Gasteiger partial charge in [0, 0.05) is 6.04 Å². The summed E-state index contributed by atoms with van der Waals surface area (Å²) in [5.74, 6) is -0.242. The molecule has 2 fully saturated rings. The highest BCUT2D eigenvalue weighted by molar-refractivity contribution is 7.86. The van der Waals surface area contributed by atoms with Crippen molar-refractivity contribution in [2.45, 2.75) is 57.3 Å². The van der Waals surface area contributed by atoms with Gasteiger partial charge in [-0.25, -0.2) is 0 Å². The van der Waals surface area contributed by atoms with Crippen LogP contribution in [0.4, 0.5) is 0 Å². The molecule has 1 aliphatic carbocycles. The SMILES string of the molecule is CCOC(=O)C1CCN(C2CCCC(O)C2OS(C)(=O)=O)CC1. The van der Waals surface area contributed by atoms with Gasteiger partial charge < -0.3 is 9.84 Å². The van der Waals surface area contributed by atoms with Gasteiger partial charge in [-0.3, -0.25) is 13.9 Å². The fraction of sp³-hybridized carbons (Fsp3) is 0.933. The minimum atomic E-state index is -3.62. The summed E-state index contributed by atoms with van der Waals surface area (Å²) in [7, 11) is -3.62. The molecule has 0 spiro atoms. The van der Waals surface area contributed by atoms with E-state index in [1.807, 2.05) is 0 Å². The van der Waals surface area contributed by atoms with E-state index in [0.717, 1.165) is 19.1 Å². The lowest BCUT2D eigenvalue weighted by atomic mass is 9.86. The summed E-state index contributed by atoms with van der Waals surface area (Å²) < 4.78 is 33.2. The lowest BCUT2D eigenvalue weighted by Crippen LogP contribution is -2.55. The standard InChI is InChI=1S/C15H27NO6S/c1-3-21-15(18)11-7-9-16(10-8-11)12-5-4-6-13(17)14(12)22-23(2,19)20/h11-14,17H,3-10H2,1-2H3. The summed E-state index contributed by atoms with van der Waals surface area (Å²) in [5, 5.41) is 10.2. The Balaban J connectivity index is 1.98. The number of ether oxygens (including phenoxy) is 1. The smallest absolute Gasteiger partial charge is 0.309 e. The molecule has 2 rings (SSSR count). The number of aliphatic hydroxyl groups is 1. The Morgan fingerprint density at radius 1 is 1.22 bits per heavy atom. The van der Waals surface area contributed by atoms with Crippen molar-refractivity contribution in [2.24, 2.45) is 5.92 Å². The molecule has 1 N–H and O–H groups in total. The van der Waals surface area contributed by atoms with Crippen molar-refractivity contribution in [1.82, 2.24) is 4.90 Å². The van der Waals surface area contributed by atoms with Crippen LogP contribution in [0.25, 0.3) is 0 Å². The predicted molar refractivity (Wildman–Crippen MR) is 84.3 cm³/mol. The fourth-order valence-electron chi connectivity index (χ4n) is 3.57. The van der Waals surface area contributed by atoms with Crippen LogP contribution >= 0.6 is 0 Å². The topological polar surface area (TPSA) is 93.1 Å². The van der Waals surface area contributed by atoms with Crippen molar-refractivity contribution in [3.63, 3.8) is 0 Å². The van der Waals surface area contributed by atoms with Crippen molar-refractivity contribution in [3.8, 4) is 0 Å². The van der Waals surface area contributed by atoms with Crippen molar-refractivity contribution >= 4 is 16.1 Å². The van der Waals surface area contributed by atoms with E-state index in [1.54, 1.807) is 6.92 Å². The van der Waals surface area contributed by atoms with Gasteiger partial charge >= 0.3 is 5.97 Å². The van der Waals surface area contributed by atoms with Crippen LogP contribution in [-0.2, 0) is 23.8 Å². The quantitative estimate of drug-likeness (QED) is 0.571. The Hall–Kier alpha value is -0.700. The molecule has 3 atom stereocenters. The summed E-state index contributed by atoms with van der Waals surface area (Å²) in [6.45, 7) is 3.55. The molecule has 1 saturated carbocycles. The lowest BCUT2D eigenvalue weighted by Gasteiger charge is -2.43. The Morgan fingerprint density at radius 3 is 2.43 bits per heavy atom. The third-order valence-electron chi connectivity index (χ3n) is 4.66. The van der Waals surface area contributed by atoms with E-state index >= 15 is 0 Å². The number of piperidine rings is 1. The Kier molecular flexibility index (Phi) is 6.41. The van der Waals surface area contributed by atoms with Crippen LogP contribution in [0.15, 0.2) is 0 Å². The highest BCUT2D eigenvalue weighted by Crippen LogP contribution is 2.30. The largest absolute Gasteiger partial charge is 0.466 e. The van der Waals surface area contributed by atoms with E-state index in [4.69, 9.17) is 8.92 Å². The van der Waals surface area contributed by atoms with E-state index in [9.17, 15) is 18.3 Å². The number of hydrogen-bond donors (Lipinski definition) is 1. The Morgan fingerprint density at radius 2 is 1.87 bits per heavy atom. The summed E-state index contributed by atoms with van der Waals surface area (Å²) in [6, 6.07) is -0.128. The van der Waals surface area contributed by atoms with Gasteiger partial charge in [-0.15, -0.1) is 0 Å². The molecule has 0 aromatic carbocycles. The van der Waals surface area contributed by atoms with Gasteiger partial charge in [0.2, 0.25) is 0 Å². The summed E-state index contributed by atoms with van der Waals surface area (Å²) in [6.07, 6.45) is 3.08. The first kappa shape index (κ1) is 18.6. The monoisotopic (exact) mass is 349 g/mol. The third-order valence-corrected chi connectivity index (χ3v) is 5.23. The second kappa shape index (κ2) is 7.92. The molecule has 0 aromatic rings. The zero-order chi connectivity index (χ0) is 17.0. The van der Waals surface area contributed by atoms with Crippen LogP contribution in [0, 0.1) is 5.92 Å². The second-order valence-electron chi connectivity index (χ2n) is 6.39. The molecule has 7 nitrogen and oxygen atoms in total. The molecule has 3 unspecified atom stereocenters.